The minimum absolute atomic E-state index is 0.179. The van der Waals surface area contributed by atoms with Crippen molar-refractivity contribution in [2.45, 2.75) is 19.4 Å². The molecule has 0 bridgehead atoms. The number of hydrogen-bond donors (Lipinski definition) is 1. The number of halogens is 1. The third-order valence-electron chi connectivity index (χ3n) is 5.63. The average Bonchev–Trinajstić information content (AvgIpc) is 3.24. The van der Waals surface area contributed by atoms with E-state index < -0.39 is 0 Å². The summed E-state index contributed by atoms with van der Waals surface area (Å²) in [6.07, 6.45) is 1.38. The summed E-state index contributed by atoms with van der Waals surface area (Å²) < 4.78 is 18.6. The number of rotatable bonds is 11. The molecule has 0 spiro atoms. The minimum Gasteiger partial charge on any atom is -0.493 e. The van der Waals surface area contributed by atoms with Crippen LogP contribution in [0.1, 0.15) is 22.6 Å². The quantitative estimate of drug-likeness (QED) is 0.292. The molecule has 1 amide bonds. The van der Waals surface area contributed by atoms with Crippen molar-refractivity contribution in [2.75, 3.05) is 27.4 Å². The summed E-state index contributed by atoms with van der Waals surface area (Å²) in [5, 5.41) is 3.58. The van der Waals surface area contributed by atoms with E-state index in [1.54, 1.807) is 32.4 Å². The highest BCUT2D eigenvalue weighted by Crippen LogP contribution is 2.27. The standard InChI is InChI=1S/C27H28ClN3O4/c1-33-24-13-12-19(18-25(24)34-2)27(32)29-15-14-26-30-21-9-4-5-10-22(21)31(26)16-7-17-35-23-11-6-3-8-20(23)28/h3-6,8-13,18H,7,14-17H2,1-2H3,(H,29,32). The molecule has 8 heteroatoms. The van der Waals surface area contributed by atoms with Crippen molar-refractivity contribution in [1.29, 1.82) is 0 Å². The van der Waals surface area contributed by atoms with Gasteiger partial charge in [-0.25, -0.2) is 4.98 Å². The highest BCUT2D eigenvalue weighted by atomic mass is 35.5. The lowest BCUT2D eigenvalue weighted by molar-refractivity contribution is 0.0953. The Kier molecular flexibility index (Phi) is 8.11. The molecule has 0 saturated carbocycles. The molecule has 0 atom stereocenters. The SMILES string of the molecule is COc1ccc(C(=O)NCCc2nc3ccccc3n2CCCOc2ccccc2Cl)cc1OC. The topological polar surface area (TPSA) is 74.6 Å². The van der Waals surface area contributed by atoms with Crippen LogP contribution in [0.25, 0.3) is 11.0 Å². The summed E-state index contributed by atoms with van der Waals surface area (Å²) in [7, 11) is 3.11. The number of aromatic nitrogens is 2. The Morgan fingerprint density at radius 1 is 0.971 bits per heavy atom. The molecule has 1 aromatic heterocycles. The molecule has 1 heterocycles. The molecule has 0 aliphatic heterocycles. The predicted molar refractivity (Wildman–Crippen MR) is 137 cm³/mol. The zero-order chi connectivity index (χ0) is 24.6. The van der Waals surface area contributed by atoms with Gasteiger partial charge in [0.25, 0.3) is 5.91 Å². The van der Waals surface area contributed by atoms with E-state index in [1.165, 1.54) is 0 Å². The lowest BCUT2D eigenvalue weighted by Crippen LogP contribution is -2.26. The van der Waals surface area contributed by atoms with Crippen LogP contribution in [0.3, 0.4) is 0 Å². The fourth-order valence-electron chi connectivity index (χ4n) is 3.90. The molecule has 7 nitrogen and oxygen atoms in total. The average molecular weight is 494 g/mol. The molecule has 0 saturated heterocycles. The van der Waals surface area contributed by atoms with E-state index in [4.69, 9.17) is 30.8 Å². The van der Waals surface area contributed by atoms with Crippen LogP contribution in [-0.4, -0.2) is 42.8 Å². The first-order valence-electron chi connectivity index (χ1n) is 11.4. The molecule has 0 unspecified atom stereocenters. The zero-order valence-electron chi connectivity index (χ0n) is 19.8. The number of benzene rings is 3. The van der Waals surface area contributed by atoms with Crippen LogP contribution in [0.4, 0.5) is 0 Å². The molecule has 4 rings (SSSR count). The number of aryl methyl sites for hydroxylation is 1. The number of ether oxygens (including phenoxy) is 3. The van der Waals surface area contributed by atoms with Gasteiger partial charge in [-0.1, -0.05) is 35.9 Å². The van der Waals surface area contributed by atoms with E-state index >= 15 is 0 Å². The number of nitrogens with zero attached hydrogens (tertiary/aromatic N) is 2. The van der Waals surface area contributed by atoms with Crippen molar-refractivity contribution in [3.63, 3.8) is 0 Å². The van der Waals surface area contributed by atoms with Gasteiger partial charge in [-0.05, 0) is 48.9 Å². The Labute approximate surface area is 209 Å². The van der Waals surface area contributed by atoms with Gasteiger partial charge in [0.2, 0.25) is 0 Å². The second kappa shape index (κ2) is 11.6. The summed E-state index contributed by atoms with van der Waals surface area (Å²) in [6, 6.07) is 20.6. The molecule has 0 fully saturated rings. The van der Waals surface area contributed by atoms with Gasteiger partial charge >= 0.3 is 0 Å². The van der Waals surface area contributed by atoms with Gasteiger partial charge in [0.15, 0.2) is 11.5 Å². The van der Waals surface area contributed by atoms with Crippen molar-refractivity contribution in [3.05, 3.63) is 83.1 Å². The van der Waals surface area contributed by atoms with E-state index in [2.05, 4.69) is 16.0 Å². The lowest BCUT2D eigenvalue weighted by atomic mass is 10.2. The molecule has 182 valence electrons. The maximum Gasteiger partial charge on any atom is 0.251 e. The maximum atomic E-state index is 12.7. The number of para-hydroxylation sites is 3. The summed E-state index contributed by atoms with van der Waals surface area (Å²) in [4.78, 5) is 17.5. The van der Waals surface area contributed by atoms with Gasteiger partial charge in [0.05, 0.1) is 36.9 Å². The van der Waals surface area contributed by atoms with Crippen LogP contribution in [0.2, 0.25) is 5.02 Å². The summed E-state index contributed by atoms with van der Waals surface area (Å²) in [6.45, 7) is 1.72. The Balaban J connectivity index is 1.38. The number of carbonyl (C=O) groups is 1. The number of hydrogen-bond acceptors (Lipinski definition) is 5. The largest absolute Gasteiger partial charge is 0.493 e. The first-order chi connectivity index (χ1) is 17.1. The first-order valence-corrected chi connectivity index (χ1v) is 11.8. The molecule has 35 heavy (non-hydrogen) atoms. The number of carbonyl (C=O) groups excluding carboxylic acids is 1. The van der Waals surface area contributed by atoms with Crippen LogP contribution in [-0.2, 0) is 13.0 Å². The Morgan fingerprint density at radius 3 is 2.54 bits per heavy atom. The van der Waals surface area contributed by atoms with Crippen LogP contribution in [0.5, 0.6) is 17.2 Å². The highest BCUT2D eigenvalue weighted by molar-refractivity contribution is 6.32. The molecule has 0 radical (unpaired) electrons. The van der Waals surface area contributed by atoms with Gasteiger partial charge in [-0.15, -0.1) is 0 Å². The van der Waals surface area contributed by atoms with E-state index in [0.717, 1.165) is 29.8 Å². The molecule has 3 aromatic carbocycles. The van der Waals surface area contributed by atoms with Crippen LogP contribution in [0.15, 0.2) is 66.7 Å². The van der Waals surface area contributed by atoms with Crippen molar-refractivity contribution in [2.24, 2.45) is 0 Å². The van der Waals surface area contributed by atoms with Crippen LogP contribution < -0.4 is 19.5 Å². The second-order valence-electron chi connectivity index (χ2n) is 7.88. The number of methoxy groups -OCH3 is 2. The number of fused-ring (bicyclic) bond motifs is 1. The monoisotopic (exact) mass is 493 g/mol. The molecule has 4 aromatic rings. The molecule has 0 aliphatic rings. The van der Waals surface area contributed by atoms with E-state index in [9.17, 15) is 4.79 Å². The van der Waals surface area contributed by atoms with E-state index in [0.29, 0.717) is 47.4 Å². The normalized spacial score (nSPS) is 10.8. The zero-order valence-corrected chi connectivity index (χ0v) is 20.5. The van der Waals surface area contributed by atoms with Gasteiger partial charge in [0, 0.05) is 25.1 Å². The van der Waals surface area contributed by atoms with Gasteiger partial charge < -0.3 is 24.1 Å². The van der Waals surface area contributed by atoms with Crippen molar-refractivity contribution >= 4 is 28.5 Å². The maximum absolute atomic E-state index is 12.7. The van der Waals surface area contributed by atoms with E-state index in [-0.39, 0.29) is 5.91 Å². The fraction of sp³-hybridized carbons (Fsp3) is 0.259. The minimum atomic E-state index is -0.179. The Morgan fingerprint density at radius 2 is 1.74 bits per heavy atom. The number of imidazole rings is 1. The fourth-order valence-corrected chi connectivity index (χ4v) is 4.09. The van der Waals surface area contributed by atoms with Crippen molar-refractivity contribution in [1.82, 2.24) is 14.9 Å². The van der Waals surface area contributed by atoms with Gasteiger partial charge in [-0.3, -0.25) is 4.79 Å². The van der Waals surface area contributed by atoms with Gasteiger partial charge in [-0.2, -0.15) is 0 Å². The van der Waals surface area contributed by atoms with Gasteiger partial charge in [0.1, 0.15) is 11.6 Å². The van der Waals surface area contributed by atoms with E-state index in [1.807, 2.05) is 42.5 Å². The van der Waals surface area contributed by atoms with Crippen molar-refractivity contribution in [3.8, 4) is 17.2 Å². The smallest absolute Gasteiger partial charge is 0.251 e. The Bertz CT molecular complexity index is 1300. The molecule has 1 N–H and O–H groups in total. The molecular formula is C27H28ClN3O4. The second-order valence-corrected chi connectivity index (χ2v) is 8.28. The third kappa shape index (κ3) is 5.87. The Hall–Kier alpha value is -3.71. The van der Waals surface area contributed by atoms with Crippen LogP contribution in [0, 0.1) is 0 Å². The lowest BCUT2D eigenvalue weighted by Gasteiger charge is -2.12. The summed E-state index contributed by atoms with van der Waals surface area (Å²) >= 11 is 6.18. The number of amides is 1. The molecule has 0 aliphatic carbocycles. The third-order valence-corrected chi connectivity index (χ3v) is 5.95. The number of nitrogens with one attached hydrogen (secondary N) is 1. The molecular weight excluding hydrogens is 466 g/mol. The summed E-state index contributed by atoms with van der Waals surface area (Å²) in [5.74, 6) is 2.51. The summed E-state index contributed by atoms with van der Waals surface area (Å²) in [5.41, 5.74) is 2.50. The van der Waals surface area contributed by atoms with Crippen molar-refractivity contribution < 1.29 is 19.0 Å². The highest BCUT2D eigenvalue weighted by Gasteiger charge is 2.13. The first kappa shape index (κ1) is 24.4. The predicted octanol–water partition coefficient (Wildman–Crippen LogP) is 5.15. The van der Waals surface area contributed by atoms with Crippen LogP contribution >= 0.6 is 11.6 Å².